The van der Waals surface area contributed by atoms with Crippen molar-refractivity contribution in [2.45, 2.75) is 11.5 Å². The molecule has 0 aliphatic rings. The molecule has 0 saturated heterocycles. The fraction of sp³-hybridized carbons (Fsp3) is 0.133. The lowest BCUT2D eigenvalue weighted by atomic mass is 10.2. The first-order chi connectivity index (χ1) is 10.1. The molecule has 21 heavy (non-hydrogen) atoms. The van der Waals surface area contributed by atoms with Gasteiger partial charge in [0.25, 0.3) is 0 Å². The third-order valence-corrected chi connectivity index (χ3v) is 4.43. The highest BCUT2D eigenvalue weighted by atomic mass is 35.5. The summed E-state index contributed by atoms with van der Waals surface area (Å²) in [6.07, 6.45) is 0. The van der Waals surface area contributed by atoms with Gasteiger partial charge >= 0.3 is 0 Å². The monoisotopic (exact) mass is 341 g/mol. The molecule has 0 unspecified atom stereocenters. The lowest BCUT2D eigenvalue weighted by molar-refractivity contribution is -0.113. The van der Waals surface area contributed by atoms with E-state index < -0.39 is 0 Å². The molecule has 2 N–H and O–H groups in total. The van der Waals surface area contributed by atoms with Crippen LogP contribution in [0.1, 0.15) is 5.56 Å². The maximum Gasteiger partial charge on any atom is 0.234 e. The summed E-state index contributed by atoms with van der Waals surface area (Å²) in [5, 5.41) is 12.6. The number of benzene rings is 2. The Morgan fingerprint density at radius 1 is 1.10 bits per heavy atom. The Balaban J connectivity index is 1.87. The lowest BCUT2D eigenvalue weighted by Crippen LogP contribution is -2.13. The van der Waals surface area contributed by atoms with Crippen LogP contribution in [0, 0.1) is 0 Å². The van der Waals surface area contributed by atoms with Crippen LogP contribution in [-0.2, 0) is 11.4 Å². The van der Waals surface area contributed by atoms with Crippen molar-refractivity contribution in [3.8, 4) is 0 Å². The molecule has 0 fully saturated rings. The molecule has 6 heteroatoms. The Kier molecular flexibility index (Phi) is 5.94. The minimum atomic E-state index is -0.121. The number of thioether (sulfide) groups is 1. The van der Waals surface area contributed by atoms with Gasteiger partial charge in [0.2, 0.25) is 5.91 Å². The highest BCUT2D eigenvalue weighted by Gasteiger charge is 2.05. The van der Waals surface area contributed by atoms with Crippen LogP contribution < -0.4 is 5.32 Å². The number of aliphatic hydroxyl groups excluding tert-OH is 1. The van der Waals surface area contributed by atoms with Crippen LogP contribution in [0.15, 0.2) is 47.4 Å². The first-order valence-corrected chi connectivity index (χ1v) is 7.90. The molecule has 3 nitrogen and oxygen atoms in total. The summed E-state index contributed by atoms with van der Waals surface area (Å²) in [4.78, 5) is 12.8. The summed E-state index contributed by atoms with van der Waals surface area (Å²) in [5.41, 5.74) is 1.46. The number of hydrogen-bond donors (Lipinski definition) is 2. The van der Waals surface area contributed by atoms with Crippen molar-refractivity contribution >= 4 is 46.6 Å². The van der Waals surface area contributed by atoms with Crippen molar-refractivity contribution in [2.24, 2.45) is 0 Å². The molecular formula is C15H13Cl2NO2S. The van der Waals surface area contributed by atoms with Gasteiger partial charge in [-0.15, -0.1) is 11.8 Å². The molecular weight excluding hydrogens is 329 g/mol. The molecule has 0 radical (unpaired) electrons. The molecule has 2 aromatic rings. The van der Waals surface area contributed by atoms with Gasteiger partial charge in [-0.05, 0) is 35.9 Å². The number of halogens is 2. The average molecular weight is 342 g/mol. The molecule has 0 heterocycles. The van der Waals surface area contributed by atoms with Crippen LogP contribution in [0.3, 0.4) is 0 Å². The van der Waals surface area contributed by atoms with Gasteiger partial charge in [0.05, 0.1) is 22.4 Å². The van der Waals surface area contributed by atoms with Crippen molar-refractivity contribution in [3.63, 3.8) is 0 Å². The third kappa shape index (κ3) is 4.93. The fourth-order valence-electron chi connectivity index (χ4n) is 1.61. The SMILES string of the molecule is O=C(CSc1ccc(CO)cc1)Nc1ccc(Cl)c(Cl)c1. The van der Waals surface area contributed by atoms with Crippen LogP contribution in [-0.4, -0.2) is 16.8 Å². The summed E-state index contributed by atoms with van der Waals surface area (Å²) in [6.45, 7) is 0.0166. The maximum absolute atomic E-state index is 11.9. The lowest BCUT2D eigenvalue weighted by Gasteiger charge is -2.06. The fourth-order valence-corrected chi connectivity index (χ4v) is 2.61. The Morgan fingerprint density at radius 3 is 2.43 bits per heavy atom. The quantitative estimate of drug-likeness (QED) is 0.800. The minimum Gasteiger partial charge on any atom is -0.392 e. The van der Waals surface area contributed by atoms with Crippen LogP contribution >= 0.6 is 35.0 Å². The second-order valence-corrected chi connectivity index (χ2v) is 6.13. The second-order valence-electron chi connectivity index (χ2n) is 4.27. The summed E-state index contributed by atoms with van der Waals surface area (Å²) in [7, 11) is 0. The summed E-state index contributed by atoms with van der Waals surface area (Å²) in [5.74, 6) is 0.170. The van der Waals surface area contributed by atoms with Gasteiger partial charge in [0.15, 0.2) is 0 Å². The van der Waals surface area contributed by atoms with Crippen LogP contribution in [0.4, 0.5) is 5.69 Å². The van der Waals surface area contributed by atoms with E-state index in [1.54, 1.807) is 18.2 Å². The zero-order chi connectivity index (χ0) is 15.2. The molecule has 2 rings (SSSR count). The van der Waals surface area contributed by atoms with Crippen molar-refractivity contribution in [2.75, 3.05) is 11.1 Å². The van der Waals surface area contributed by atoms with Gasteiger partial charge in [-0.25, -0.2) is 0 Å². The van der Waals surface area contributed by atoms with Gasteiger partial charge < -0.3 is 10.4 Å². The summed E-state index contributed by atoms with van der Waals surface area (Å²) in [6, 6.07) is 12.4. The van der Waals surface area contributed by atoms with E-state index in [0.29, 0.717) is 21.5 Å². The van der Waals surface area contributed by atoms with E-state index in [2.05, 4.69) is 5.32 Å². The topological polar surface area (TPSA) is 49.3 Å². The largest absolute Gasteiger partial charge is 0.392 e. The Bertz CT molecular complexity index is 632. The van der Waals surface area contributed by atoms with Gasteiger partial charge in [-0.1, -0.05) is 35.3 Å². The number of aliphatic hydroxyl groups is 1. The second kappa shape index (κ2) is 7.71. The van der Waals surface area contributed by atoms with E-state index in [9.17, 15) is 4.79 Å². The predicted octanol–water partition coefficient (Wildman–Crippen LogP) is 4.22. The highest BCUT2D eigenvalue weighted by Crippen LogP contribution is 2.25. The van der Waals surface area contributed by atoms with Crippen LogP contribution in [0.25, 0.3) is 0 Å². The van der Waals surface area contributed by atoms with E-state index in [0.717, 1.165) is 10.5 Å². The number of anilines is 1. The first-order valence-electron chi connectivity index (χ1n) is 6.16. The zero-order valence-corrected chi connectivity index (χ0v) is 13.3. The van der Waals surface area contributed by atoms with Gasteiger partial charge in [-0.2, -0.15) is 0 Å². The smallest absolute Gasteiger partial charge is 0.234 e. The molecule has 0 atom stereocenters. The number of rotatable bonds is 5. The molecule has 0 spiro atoms. The van der Waals surface area contributed by atoms with Gasteiger partial charge in [-0.3, -0.25) is 4.79 Å². The van der Waals surface area contributed by atoms with E-state index in [-0.39, 0.29) is 12.5 Å². The normalized spacial score (nSPS) is 10.4. The van der Waals surface area contributed by atoms with E-state index in [1.807, 2.05) is 24.3 Å². The van der Waals surface area contributed by atoms with Crippen molar-refractivity contribution in [1.29, 1.82) is 0 Å². The third-order valence-electron chi connectivity index (χ3n) is 2.68. The Hall–Kier alpha value is -1.20. The molecule has 2 aromatic carbocycles. The highest BCUT2D eigenvalue weighted by molar-refractivity contribution is 8.00. The van der Waals surface area contributed by atoms with Crippen molar-refractivity contribution in [3.05, 3.63) is 58.1 Å². The summed E-state index contributed by atoms with van der Waals surface area (Å²) < 4.78 is 0. The molecule has 110 valence electrons. The first kappa shape index (κ1) is 16.2. The number of carbonyl (C=O) groups is 1. The molecule has 1 amide bonds. The predicted molar refractivity (Wildman–Crippen MR) is 88.2 cm³/mol. The van der Waals surface area contributed by atoms with Crippen LogP contribution in [0.2, 0.25) is 10.0 Å². The van der Waals surface area contributed by atoms with Crippen LogP contribution in [0.5, 0.6) is 0 Å². The van der Waals surface area contributed by atoms with Crippen molar-refractivity contribution in [1.82, 2.24) is 0 Å². The van der Waals surface area contributed by atoms with Gasteiger partial charge in [0, 0.05) is 10.6 Å². The van der Waals surface area contributed by atoms with Crippen molar-refractivity contribution < 1.29 is 9.90 Å². The maximum atomic E-state index is 11.9. The standard InChI is InChI=1S/C15H13Cl2NO2S/c16-13-6-3-11(7-14(13)17)18-15(20)9-21-12-4-1-10(8-19)2-5-12/h1-7,19H,8-9H2,(H,18,20). The van der Waals surface area contributed by atoms with E-state index in [1.165, 1.54) is 11.8 Å². The number of carbonyl (C=O) groups excluding carboxylic acids is 1. The number of amides is 1. The summed E-state index contributed by atoms with van der Waals surface area (Å²) >= 11 is 13.1. The molecule has 0 aromatic heterocycles. The van der Waals surface area contributed by atoms with Gasteiger partial charge in [0.1, 0.15) is 0 Å². The average Bonchev–Trinajstić information content (AvgIpc) is 2.49. The molecule has 0 aliphatic heterocycles. The zero-order valence-electron chi connectivity index (χ0n) is 11.0. The Labute approximate surface area is 137 Å². The molecule has 0 bridgehead atoms. The Morgan fingerprint density at radius 2 is 1.81 bits per heavy atom. The number of hydrogen-bond acceptors (Lipinski definition) is 3. The molecule has 0 saturated carbocycles. The van der Waals surface area contributed by atoms with E-state index in [4.69, 9.17) is 28.3 Å². The molecule has 0 aliphatic carbocycles. The minimum absolute atomic E-state index is 0.0166. The van der Waals surface area contributed by atoms with E-state index >= 15 is 0 Å². The number of nitrogens with one attached hydrogen (secondary N) is 1.